The summed E-state index contributed by atoms with van der Waals surface area (Å²) in [6.07, 6.45) is 57.9. The smallest absolute Gasteiger partial charge is 0.462 e. The fraction of sp³-hybridized carbons (Fsp3) is 0.817. The molecule has 12 heteroatoms. The molecule has 0 aliphatic heterocycles. The van der Waals surface area contributed by atoms with Crippen molar-refractivity contribution in [3.05, 3.63) is 48.6 Å². The molecule has 0 saturated carbocycles. The SMILES string of the molecule is CCCCC/C=C\C/C=C\CCCCCCCCCCCC(=O)OC(COC(=O)CCCCCCCCC/C=C\C/C=C\CCCCC)COP(=O)(O)OCC(CO)OC(=O)CCCCCCCCCCC. The van der Waals surface area contributed by atoms with Gasteiger partial charge in [-0.3, -0.25) is 23.4 Å². The van der Waals surface area contributed by atoms with Gasteiger partial charge in [-0.1, -0.05) is 223 Å². The summed E-state index contributed by atoms with van der Waals surface area (Å²) in [4.78, 5) is 48.5. The number of hydrogen-bond acceptors (Lipinski definition) is 10. The van der Waals surface area contributed by atoms with Gasteiger partial charge in [-0.25, -0.2) is 4.57 Å². The number of hydrogen-bond donors (Lipinski definition) is 2. The fourth-order valence-electron chi connectivity index (χ4n) is 8.18. The molecule has 0 aliphatic rings. The van der Waals surface area contributed by atoms with Crippen molar-refractivity contribution in [2.75, 3.05) is 26.4 Å². The van der Waals surface area contributed by atoms with Crippen LogP contribution in [0.2, 0.25) is 0 Å². The number of unbranched alkanes of at least 4 members (excludes halogenated alkanes) is 30. The molecule has 0 rings (SSSR count). The largest absolute Gasteiger partial charge is 0.472 e. The lowest BCUT2D eigenvalue weighted by atomic mass is 10.1. The van der Waals surface area contributed by atoms with Gasteiger partial charge in [0.1, 0.15) is 12.7 Å². The van der Waals surface area contributed by atoms with E-state index in [1.807, 2.05) is 0 Å². The van der Waals surface area contributed by atoms with Crippen LogP contribution in [0.15, 0.2) is 48.6 Å². The second kappa shape index (κ2) is 54.7. The van der Waals surface area contributed by atoms with E-state index in [2.05, 4.69) is 69.4 Å². The molecular formula is C60H109O11P. The van der Waals surface area contributed by atoms with E-state index in [0.717, 1.165) is 83.5 Å². The average molecular weight is 1040 g/mol. The van der Waals surface area contributed by atoms with Crippen LogP contribution >= 0.6 is 7.82 Å². The maximum absolute atomic E-state index is 12.9. The Morgan fingerprint density at radius 1 is 0.389 bits per heavy atom. The molecular weight excluding hydrogens is 928 g/mol. The zero-order chi connectivity index (χ0) is 52.7. The van der Waals surface area contributed by atoms with Gasteiger partial charge in [0, 0.05) is 19.3 Å². The number of ether oxygens (including phenoxy) is 3. The number of aliphatic hydroxyl groups excluding tert-OH is 1. The van der Waals surface area contributed by atoms with Crippen LogP contribution in [-0.2, 0) is 42.2 Å². The first-order valence-electron chi connectivity index (χ1n) is 29.5. The van der Waals surface area contributed by atoms with Crippen LogP contribution in [0.1, 0.15) is 278 Å². The van der Waals surface area contributed by atoms with Crippen LogP contribution in [0.5, 0.6) is 0 Å². The number of esters is 3. The highest BCUT2D eigenvalue weighted by Crippen LogP contribution is 2.43. The molecule has 0 aromatic rings. The van der Waals surface area contributed by atoms with E-state index in [0.29, 0.717) is 19.3 Å². The normalized spacial score (nSPS) is 13.7. The lowest BCUT2D eigenvalue weighted by Crippen LogP contribution is -2.30. The summed E-state index contributed by atoms with van der Waals surface area (Å²) in [5.74, 6) is -1.47. The van der Waals surface area contributed by atoms with E-state index >= 15 is 0 Å². The topological polar surface area (TPSA) is 155 Å². The summed E-state index contributed by atoms with van der Waals surface area (Å²) in [5, 5.41) is 9.78. The minimum absolute atomic E-state index is 0.163. The van der Waals surface area contributed by atoms with E-state index < -0.39 is 57.8 Å². The number of phosphoric ester groups is 1. The second-order valence-corrected chi connectivity index (χ2v) is 21.3. The molecule has 0 spiro atoms. The first-order chi connectivity index (χ1) is 35.2. The Bertz CT molecular complexity index is 1400. The molecule has 0 aliphatic carbocycles. The van der Waals surface area contributed by atoms with Crippen molar-refractivity contribution in [3.63, 3.8) is 0 Å². The van der Waals surface area contributed by atoms with Crippen molar-refractivity contribution in [2.24, 2.45) is 0 Å². The summed E-state index contributed by atoms with van der Waals surface area (Å²) in [5.41, 5.74) is 0. The number of allylic oxidation sites excluding steroid dienone is 8. The Morgan fingerprint density at radius 2 is 0.681 bits per heavy atom. The lowest BCUT2D eigenvalue weighted by Gasteiger charge is -2.21. The van der Waals surface area contributed by atoms with Gasteiger partial charge in [0.25, 0.3) is 0 Å². The van der Waals surface area contributed by atoms with E-state index in [4.69, 9.17) is 23.3 Å². The molecule has 3 unspecified atom stereocenters. The minimum atomic E-state index is -4.74. The first-order valence-corrected chi connectivity index (χ1v) is 31.0. The van der Waals surface area contributed by atoms with E-state index in [1.54, 1.807) is 0 Å². The van der Waals surface area contributed by atoms with Crippen LogP contribution in [0.4, 0.5) is 0 Å². The third-order valence-electron chi connectivity index (χ3n) is 12.7. The highest BCUT2D eigenvalue weighted by molar-refractivity contribution is 7.47. The van der Waals surface area contributed by atoms with E-state index in [-0.39, 0.29) is 25.9 Å². The average Bonchev–Trinajstić information content (AvgIpc) is 3.37. The Morgan fingerprint density at radius 3 is 1.06 bits per heavy atom. The van der Waals surface area contributed by atoms with Crippen molar-refractivity contribution in [1.82, 2.24) is 0 Å². The fourth-order valence-corrected chi connectivity index (χ4v) is 8.97. The van der Waals surface area contributed by atoms with Gasteiger partial charge >= 0.3 is 25.7 Å². The summed E-state index contributed by atoms with van der Waals surface area (Å²) in [6.45, 7) is 4.59. The van der Waals surface area contributed by atoms with Crippen LogP contribution in [0, 0.1) is 0 Å². The molecule has 0 amide bonds. The molecule has 0 bridgehead atoms. The standard InChI is InChI=1S/C60H109O11P/c1-4-7-10-13-16-19-21-23-25-27-28-30-32-34-36-39-42-45-48-51-60(64)71-57(53-67-58(62)49-46-43-40-38-35-33-31-29-26-24-22-20-17-14-11-8-5-2)55-69-72(65,66)68-54-56(52-61)70-59(63)50-47-44-41-37-18-15-12-9-6-3/h16-17,19-20,23-26,56-57,61H,4-15,18,21-22,27-55H2,1-3H3,(H,65,66)/b19-16-,20-17-,25-23-,26-24-. The Kier molecular flexibility index (Phi) is 52.7. The third kappa shape index (κ3) is 52.3. The minimum Gasteiger partial charge on any atom is -0.462 e. The van der Waals surface area contributed by atoms with Gasteiger partial charge in [0.15, 0.2) is 6.10 Å². The van der Waals surface area contributed by atoms with E-state index in [9.17, 15) is 28.9 Å². The van der Waals surface area contributed by atoms with Gasteiger partial charge in [-0.05, 0) is 83.5 Å². The number of rotatable bonds is 55. The molecule has 0 radical (unpaired) electrons. The Balaban J connectivity index is 4.70. The van der Waals surface area contributed by atoms with Gasteiger partial charge < -0.3 is 24.2 Å². The predicted molar refractivity (Wildman–Crippen MR) is 298 cm³/mol. The zero-order valence-corrected chi connectivity index (χ0v) is 47.3. The molecule has 2 N–H and O–H groups in total. The first kappa shape index (κ1) is 69.4. The predicted octanol–water partition coefficient (Wildman–Crippen LogP) is 17.4. The van der Waals surface area contributed by atoms with Crippen molar-refractivity contribution < 1.29 is 52.2 Å². The van der Waals surface area contributed by atoms with Crippen LogP contribution in [-0.4, -0.2) is 66.5 Å². The highest BCUT2D eigenvalue weighted by Gasteiger charge is 2.28. The summed E-state index contributed by atoms with van der Waals surface area (Å²) in [7, 11) is -4.74. The van der Waals surface area contributed by atoms with Gasteiger partial charge in [-0.2, -0.15) is 0 Å². The Hall–Kier alpha value is -2.56. The number of phosphoric acid groups is 1. The second-order valence-electron chi connectivity index (χ2n) is 19.8. The molecule has 0 fully saturated rings. The quantitative estimate of drug-likeness (QED) is 0.0197. The van der Waals surface area contributed by atoms with Crippen molar-refractivity contribution in [2.45, 2.75) is 290 Å². The molecule has 0 saturated heterocycles. The lowest BCUT2D eigenvalue weighted by molar-refractivity contribution is -0.161. The van der Waals surface area contributed by atoms with Gasteiger partial charge in [-0.15, -0.1) is 0 Å². The number of aliphatic hydroxyl groups is 1. The number of carbonyl (C=O) groups excluding carboxylic acids is 3. The summed E-state index contributed by atoms with van der Waals surface area (Å²) < 4.78 is 39.5. The van der Waals surface area contributed by atoms with Crippen LogP contribution < -0.4 is 0 Å². The number of carbonyl (C=O) groups is 3. The molecule has 3 atom stereocenters. The van der Waals surface area contributed by atoms with Crippen molar-refractivity contribution in [1.29, 1.82) is 0 Å². The summed E-state index contributed by atoms with van der Waals surface area (Å²) >= 11 is 0. The maximum Gasteiger partial charge on any atom is 0.472 e. The van der Waals surface area contributed by atoms with Gasteiger partial charge in [0.05, 0.1) is 19.8 Å². The van der Waals surface area contributed by atoms with Crippen molar-refractivity contribution in [3.8, 4) is 0 Å². The Labute approximate surface area is 441 Å². The highest BCUT2D eigenvalue weighted by atomic mass is 31.2. The zero-order valence-electron chi connectivity index (χ0n) is 46.4. The molecule has 0 heterocycles. The monoisotopic (exact) mass is 1040 g/mol. The van der Waals surface area contributed by atoms with Crippen molar-refractivity contribution >= 4 is 25.7 Å². The third-order valence-corrected chi connectivity index (χ3v) is 13.7. The maximum atomic E-state index is 12.9. The van der Waals surface area contributed by atoms with Crippen LogP contribution in [0.3, 0.4) is 0 Å². The molecule has 420 valence electrons. The van der Waals surface area contributed by atoms with Crippen LogP contribution in [0.25, 0.3) is 0 Å². The molecule has 72 heavy (non-hydrogen) atoms. The molecule has 11 nitrogen and oxygen atoms in total. The molecule has 0 aromatic carbocycles. The van der Waals surface area contributed by atoms with Gasteiger partial charge in [0.2, 0.25) is 0 Å². The van der Waals surface area contributed by atoms with E-state index in [1.165, 1.54) is 135 Å². The summed E-state index contributed by atoms with van der Waals surface area (Å²) in [6, 6.07) is 0. The molecule has 0 aromatic heterocycles.